The number of aliphatic hydroxyl groups is 2. The van der Waals surface area contributed by atoms with Crippen LogP contribution in [0.2, 0.25) is 0 Å². The first-order chi connectivity index (χ1) is 59.3. The van der Waals surface area contributed by atoms with Crippen molar-refractivity contribution in [3.63, 3.8) is 0 Å². The van der Waals surface area contributed by atoms with E-state index in [9.17, 15) is 54.6 Å². The van der Waals surface area contributed by atoms with Crippen LogP contribution < -0.4 is 30.7 Å². The fourth-order valence-electron chi connectivity index (χ4n) is 17.9. The van der Waals surface area contributed by atoms with E-state index in [1.165, 1.54) is 0 Å². The van der Waals surface area contributed by atoms with Crippen molar-refractivity contribution in [2.24, 2.45) is 34.0 Å². The lowest BCUT2D eigenvalue weighted by Gasteiger charge is -2.25. The predicted octanol–water partition coefficient (Wildman–Crippen LogP) is 13.0. The highest BCUT2D eigenvalue weighted by Crippen LogP contribution is 2.59. The third-order valence-electron chi connectivity index (χ3n) is 25.0. The number of hydrogen-bond donors (Lipinski definition) is 8. The number of ether oxygens (including phenoxy) is 3. The highest BCUT2D eigenvalue weighted by molar-refractivity contribution is 5.98. The molecule has 122 heavy (non-hydrogen) atoms. The molecule has 24 nitrogen and oxygen atoms in total. The number of rotatable bonds is 25. The molecule has 3 aliphatic heterocycles. The molecule has 8 N–H and O–H groups in total. The van der Waals surface area contributed by atoms with Gasteiger partial charge in [0.2, 0.25) is 35.4 Å². The Hall–Kier alpha value is -12.8. The number of likely N-dealkylation sites (tertiary alicyclic amines) is 3. The molecular formula is C98H98N10O14. The second-order valence-corrected chi connectivity index (χ2v) is 33.2. The monoisotopic (exact) mass is 1640 g/mol. The number of hydroxylamine groups is 3. The van der Waals surface area contributed by atoms with Crippen molar-refractivity contribution in [1.82, 2.24) is 51.0 Å². The minimum absolute atomic E-state index is 0.000406. The van der Waals surface area contributed by atoms with Gasteiger partial charge in [0.05, 0.1) is 79.8 Å². The molecule has 6 fully saturated rings. The molecular weight excluding hydrogens is 1540 g/mol. The van der Waals surface area contributed by atoms with Crippen LogP contribution in [0.3, 0.4) is 0 Å². The molecule has 9 atom stereocenters. The molecule has 3 saturated carbocycles. The van der Waals surface area contributed by atoms with Gasteiger partial charge < -0.3 is 44.0 Å². The predicted molar refractivity (Wildman–Crippen MR) is 459 cm³/mol. The lowest BCUT2D eigenvalue weighted by Crippen LogP contribution is -2.41. The highest BCUT2D eigenvalue weighted by Gasteiger charge is 2.67. The lowest BCUT2D eigenvalue weighted by molar-refractivity contribution is -0.140. The molecule has 0 radical (unpaired) electrons. The highest BCUT2D eigenvalue weighted by atomic mass is 16.5. The molecule has 3 aliphatic carbocycles. The number of hydrogen-bond acceptors (Lipinski definition) is 18. The summed E-state index contributed by atoms with van der Waals surface area (Å²) in [6.07, 6.45) is 3.22. The third kappa shape index (κ3) is 18.1. The van der Waals surface area contributed by atoms with E-state index in [2.05, 4.69) is 41.3 Å². The Morgan fingerprint density at radius 3 is 0.926 bits per heavy atom. The van der Waals surface area contributed by atoms with Gasteiger partial charge >= 0.3 is 0 Å². The van der Waals surface area contributed by atoms with Crippen molar-refractivity contribution < 1.29 is 68.8 Å². The molecule has 12 aromatic rings. The third-order valence-corrected chi connectivity index (χ3v) is 25.0. The van der Waals surface area contributed by atoms with Gasteiger partial charge in [0.25, 0.3) is 0 Å². The number of aliphatic hydroxyl groups excluding tert-OH is 2. The number of carbonyl (C=O) groups is 6. The number of para-hydroxylation sites is 3. The quantitative estimate of drug-likeness (QED) is 0.0195. The van der Waals surface area contributed by atoms with Gasteiger partial charge in [-0.25, -0.2) is 31.4 Å². The van der Waals surface area contributed by atoms with E-state index in [-0.39, 0.29) is 30.8 Å². The molecule has 0 unspecified atom stereocenters. The second kappa shape index (κ2) is 36.2. The van der Waals surface area contributed by atoms with Crippen LogP contribution in [-0.2, 0) is 67.9 Å². The number of nitrogens with zero attached hydrogens (tertiary/aromatic N) is 7. The standard InChI is InChI=1S/C34H36N4O4.2C32H31N3O5/c1-37(2)26-16-17-38(21-26)33(40)34(20-29(34)32(39)36-41)19-23-12-14-27(15-13-23)42-22-25-18-31(24-8-4-3-5-9-24)35-30-11-7-6-10-28(25)30;2*36-24-14-15-35(19-24)31(38)32(18-27(32)30(37)34-39)17-21-10-12-25(13-11-21)40-20-23-16-29(22-6-2-1-3-7-22)33-28-9-5-4-8-26(23)28/h3-15,18,26,29,41H,16-17,19-22H2,1-2H3,(H,36,39);2*1-13,16,24,27,36,39H,14-15,17-20H2,(H,34,37)/t26-,29-,34+;24-,27+,32-;24-,27-,32+/m101/s1. The molecule has 6 amide bonds. The van der Waals surface area contributed by atoms with Gasteiger partial charge in [-0.15, -0.1) is 0 Å². The van der Waals surface area contributed by atoms with E-state index in [1.807, 2.05) is 237 Å². The Labute approximate surface area is 706 Å². The number of benzene rings is 9. The molecule has 9 aromatic carbocycles. The van der Waals surface area contributed by atoms with E-state index >= 15 is 0 Å². The van der Waals surface area contributed by atoms with E-state index in [1.54, 1.807) is 26.2 Å². The minimum Gasteiger partial charge on any atom is -0.489 e. The smallest absolute Gasteiger partial charge is 0.247 e. The summed E-state index contributed by atoms with van der Waals surface area (Å²) in [4.78, 5) is 99.2. The van der Waals surface area contributed by atoms with E-state index < -0.39 is 63.9 Å². The Kier molecular flexibility index (Phi) is 24.6. The van der Waals surface area contributed by atoms with Crippen LogP contribution in [0.15, 0.2) is 255 Å². The van der Waals surface area contributed by atoms with Gasteiger partial charge in [0.15, 0.2) is 0 Å². The number of fused-ring (bicyclic) bond motifs is 3. The number of likely N-dealkylation sites (N-methyl/N-ethyl adjacent to an activating group) is 1. The van der Waals surface area contributed by atoms with Gasteiger partial charge in [-0.2, -0.15) is 0 Å². The summed E-state index contributed by atoms with van der Waals surface area (Å²) in [5, 5.41) is 50.6. The number of aromatic nitrogens is 3. The number of amides is 6. The van der Waals surface area contributed by atoms with Crippen molar-refractivity contribution in [3.8, 4) is 51.0 Å². The van der Waals surface area contributed by atoms with Crippen LogP contribution in [-0.4, -0.2) is 167 Å². The minimum atomic E-state index is -0.914. The van der Waals surface area contributed by atoms with Crippen LogP contribution in [0.25, 0.3) is 66.5 Å². The van der Waals surface area contributed by atoms with E-state index in [0.717, 1.165) is 112 Å². The van der Waals surface area contributed by atoms with Crippen molar-refractivity contribution in [2.75, 3.05) is 53.4 Å². The Morgan fingerprint density at radius 2 is 0.656 bits per heavy atom. The van der Waals surface area contributed by atoms with Crippen molar-refractivity contribution in [1.29, 1.82) is 0 Å². The number of carbonyl (C=O) groups excluding carboxylic acids is 6. The molecule has 18 rings (SSSR count). The summed E-state index contributed by atoms with van der Waals surface area (Å²) in [6.45, 7) is 3.93. The van der Waals surface area contributed by atoms with E-state index in [4.69, 9.17) is 29.2 Å². The average molecular weight is 1640 g/mol. The number of pyridine rings is 3. The van der Waals surface area contributed by atoms with Crippen molar-refractivity contribution >= 4 is 68.2 Å². The van der Waals surface area contributed by atoms with Gasteiger partial charge in [0.1, 0.15) is 37.1 Å². The molecule has 3 saturated heterocycles. The summed E-state index contributed by atoms with van der Waals surface area (Å²) >= 11 is 0. The van der Waals surface area contributed by atoms with Gasteiger partial charge in [-0.05, 0) is 161 Å². The topological polar surface area (TPSA) is 319 Å². The lowest BCUT2D eigenvalue weighted by atomic mass is 9.92. The summed E-state index contributed by atoms with van der Waals surface area (Å²) in [5.74, 6) is -1.52. The Morgan fingerprint density at radius 1 is 0.377 bits per heavy atom. The van der Waals surface area contributed by atoms with Crippen LogP contribution >= 0.6 is 0 Å². The van der Waals surface area contributed by atoms with Gasteiger partial charge in [-0.3, -0.25) is 44.4 Å². The van der Waals surface area contributed by atoms with Crippen LogP contribution in [0.5, 0.6) is 17.2 Å². The molecule has 3 aromatic heterocycles. The largest absolute Gasteiger partial charge is 0.489 e. The number of β-amino-alcohol motifs (C(OH)–C–C–N with tert-alkyl or cyclic N) is 2. The van der Waals surface area contributed by atoms with Crippen LogP contribution in [0.4, 0.5) is 0 Å². The summed E-state index contributed by atoms with van der Waals surface area (Å²) in [5.41, 5.74) is 16.9. The van der Waals surface area contributed by atoms with Gasteiger partial charge in [0, 0.05) is 94.8 Å². The zero-order valence-corrected chi connectivity index (χ0v) is 68.0. The summed E-state index contributed by atoms with van der Waals surface area (Å²) in [6, 6.07) is 83.8. The molecule has 0 bridgehead atoms. The zero-order chi connectivity index (χ0) is 84.7. The molecule has 6 aliphatic rings. The Bertz CT molecular complexity index is 5560. The maximum Gasteiger partial charge on any atom is 0.247 e. The Balaban J connectivity index is 0.000000136. The SMILES string of the molecule is CN(C)[C@@H]1CCN(C(=O)[C@@]2(Cc3ccc(OCc4cc(-c5ccccc5)nc5ccccc45)cc3)C[C@@H]2C(=O)NO)C1.O=C(NO)[C@H]1C[C@]1(Cc1ccc(OCc2cc(-c3ccccc3)nc3ccccc23)cc1)C(=O)N1CC[C@@H](O)C1.O=C(NO)[C@H]1C[C@]1(Cc1ccc(OCc2cc(-c3ccccc3)nc3ccccc23)cc1)C(=O)N1CC[C@H](O)C1. The fourth-order valence-corrected chi connectivity index (χ4v) is 17.9. The second-order valence-electron chi connectivity index (χ2n) is 33.2. The molecule has 624 valence electrons. The molecule has 24 heteroatoms. The maximum absolute atomic E-state index is 13.7. The van der Waals surface area contributed by atoms with Crippen molar-refractivity contribution in [2.45, 2.75) is 95.9 Å². The van der Waals surface area contributed by atoms with Crippen molar-refractivity contribution in [3.05, 3.63) is 288 Å². The van der Waals surface area contributed by atoms with Crippen LogP contribution in [0.1, 0.15) is 71.9 Å². The molecule has 6 heterocycles. The zero-order valence-electron chi connectivity index (χ0n) is 68.0. The van der Waals surface area contributed by atoms with Crippen LogP contribution in [0, 0.1) is 34.0 Å². The maximum atomic E-state index is 13.7. The summed E-state index contributed by atoms with van der Waals surface area (Å²) < 4.78 is 18.6. The number of nitrogens with one attached hydrogen (secondary N) is 3. The average Bonchev–Trinajstić information content (AvgIpc) is 1.57. The molecule has 0 spiro atoms. The first-order valence-corrected chi connectivity index (χ1v) is 41.5. The normalized spacial score (nSPS) is 21.7. The van der Waals surface area contributed by atoms with Gasteiger partial charge in [-0.1, -0.05) is 182 Å². The summed E-state index contributed by atoms with van der Waals surface area (Å²) in [7, 11) is 4.05. The fraction of sp³-hybridized carbons (Fsp3) is 0.296. The van der Waals surface area contributed by atoms with E-state index in [0.29, 0.717) is 115 Å². The first kappa shape index (κ1) is 82.9. The first-order valence-electron chi connectivity index (χ1n) is 41.5.